The Hall–Kier alpha value is -0.0800. The largest absolute Gasteiger partial charge is 1.00 e. The van der Waals surface area contributed by atoms with Crippen LogP contribution in [0.3, 0.4) is 0 Å². The summed E-state index contributed by atoms with van der Waals surface area (Å²) in [5.74, 6) is 0. The molecule has 1 N–H and O–H groups in total. The van der Waals surface area contributed by atoms with Crippen molar-refractivity contribution in [1.82, 2.24) is 0 Å². The van der Waals surface area contributed by atoms with Gasteiger partial charge in [0, 0.05) is 0 Å². The smallest absolute Gasteiger partial charge is 0.299 e. The highest BCUT2D eigenvalue weighted by Crippen LogP contribution is 1.91. The minimum atomic E-state index is 0. The first-order chi connectivity index (χ1) is 6.35. The first-order valence-electron chi connectivity index (χ1n) is 5.65. The number of halogens is 1. The highest BCUT2D eigenvalue weighted by atomic mass is 35.5. The molecule has 14 heavy (non-hydrogen) atoms. The fourth-order valence-electron chi connectivity index (χ4n) is 1.45. The maximum Gasteiger partial charge on any atom is 0.299 e. The molecule has 3 heteroatoms. The molecule has 0 radical (unpaired) electrons. The molecule has 0 aliphatic heterocycles. The Balaban J connectivity index is 0. The summed E-state index contributed by atoms with van der Waals surface area (Å²) in [7, 11) is 0. The first-order valence-corrected chi connectivity index (χ1v) is 5.65. The van der Waals surface area contributed by atoms with Crippen LogP contribution in [0.15, 0.2) is 0 Å². The van der Waals surface area contributed by atoms with Gasteiger partial charge in [-0.15, -0.1) is 0 Å². The third-order valence-corrected chi connectivity index (χ3v) is 2.37. The van der Waals surface area contributed by atoms with E-state index in [0.717, 1.165) is 24.4 Å². The van der Waals surface area contributed by atoms with Gasteiger partial charge in [-0.2, -0.15) is 0 Å². The van der Waals surface area contributed by atoms with Crippen molar-refractivity contribution in [2.75, 3.05) is 13.1 Å². The van der Waals surface area contributed by atoms with Gasteiger partial charge in [-0.3, -0.25) is 4.90 Å². The molecular formula is C11H24ClNO. The van der Waals surface area contributed by atoms with Crippen LogP contribution >= 0.6 is 0 Å². The van der Waals surface area contributed by atoms with Crippen LogP contribution in [-0.4, -0.2) is 19.5 Å². The van der Waals surface area contributed by atoms with Crippen LogP contribution in [-0.2, 0) is 4.79 Å². The summed E-state index contributed by atoms with van der Waals surface area (Å²) in [6.45, 7) is 6.44. The van der Waals surface area contributed by atoms with Gasteiger partial charge in [-0.25, -0.2) is 4.79 Å². The van der Waals surface area contributed by atoms with Crippen LogP contribution in [0.25, 0.3) is 0 Å². The molecule has 0 aliphatic carbocycles. The molecule has 1 amide bonds. The van der Waals surface area contributed by atoms with Crippen molar-refractivity contribution >= 4 is 6.41 Å². The number of carbonyl (C=O) groups excluding carboxylic acids is 1. The number of carbonyl (C=O) groups is 1. The molecule has 0 spiro atoms. The Kier molecular flexibility index (Phi) is 15.1. The molecule has 0 saturated heterocycles. The Morgan fingerprint density at radius 1 is 0.929 bits per heavy atom. The zero-order valence-electron chi connectivity index (χ0n) is 9.52. The summed E-state index contributed by atoms with van der Waals surface area (Å²) < 4.78 is 0. The Bertz CT molecular complexity index is 110. The van der Waals surface area contributed by atoms with Crippen molar-refractivity contribution < 1.29 is 22.1 Å². The van der Waals surface area contributed by atoms with Crippen LogP contribution in [0, 0.1) is 0 Å². The molecule has 0 fully saturated rings. The molecule has 2 nitrogen and oxygen atoms in total. The van der Waals surface area contributed by atoms with E-state index in [1.165, 1.54) is 38.5 Å². The van der Waals surface area contributed by atoms with Crippen LogP contribution in [0.1, 0.15) is 52.4 Å². The first kappa shape index (κ1) is 16.4. The number of nitrogens with one attached hydrogen (secondary N) is 1. The molecule has 0 heterocycles. The van der Waals surface area contributed by atoms with E-state index < -0.39 is 0 Å². The summed E-state index contributed by atoms with van der Waals surface area (Å²) in [5, 5.41) is 0. The molecule has 0 aromatic rings. The van der Waals surface area contributed by atoms with E-state index in [1.807, 2.05) is 0 Å². The summed E-state index contributed by atoms with van der Waals surface area (Å²) in [4.78, 5) is 11.8. The van der Waals surface area contributed by atoms with Gasteiger partial charge in [-0.1, -0.05) is 26.7 Å². The maximum absolute atomic E-state index is 10.7. The predicted octanol–water partition coefficient (Wildman–Crippen LogP) is -1.59. The van der Waals surface area contributed by atoms with Gasteiger partial charge in [-0.05, 0) is 25.7 Å². The number of hydrogen-bond donors (Lipinski definition) is 1. The van der Waals surface area contributed by atoms with Gasteiger partial charge >= 0.3 is 0 Å². The SMILES string of the molecule is CCCCC[NH+](C=O)CCCCC.[Cl-]. The third-order valence-electron chi connectivity index (χ3n) is 2.37. The number of hydrogen-bond acceptors (Lipinski definition) is 1. The van der Waals surface area contributed by atoms with E-state index in [1.54, 1.807) is 0 Å². The molecular weight excluding hydrogens is 198 g/mol. The summed E-state index contributed by atoms with van der Waals surface area (Å²) >= 11 is 0. The van der Waals surface area contributed by atoms with Crippen LogP contribution in [0.4, 0.5) is 0 Å². The highest BCUT2D eigenvalue weighted by molar-refractivity contribution is 5.33. The highest BCUT2D eigenvalue weighted by Gasteiger charge is 2.04. The van der Waals surface area contributed by atoms with Gasteiger partial charge in [0.05, 0.1) is 13.1 Å². The van der Waals surface area contributed by atoms with Crippen molar-refractivity contribution in [3.63, 3.8) is 0 Å². The summed E-state index contributed by atoms with van der Waals surface area (Å²) in [6.07, 6.45) is 8.44. The molecule has 86 valence electrons. The van der Waals surface area contributed by atoms with Gasteiger partial charge in [0.2, 0.25) is 0 Å². The minimum absolute atomic E-state index is 0. The lowest BCUT2D eigenvalue weighted by Gasteiger charge is -2.10. The number of amides is 1. The molecule has 0 unspecified atom stereocenters. The lowest BCUT2D eigenvalue weighted by Crippen LogP contribution is -3.11. The van der Waals surface area contributed by atoms with Crippen LogP contribution in [0.5, 0.6) is 0 Å². The minimum Gasteiger partial charge on any atom is -1.00 e. The molecule has 0 saturated carbocycles. The second kappa shape index (κ2) is 12.9. The van der Waals surface area contributed by atoms with Gasteiger partial charge in [0.1, 0.15) is 0 Å². The molecule has 0 aromatic heterocycles. The van der Waals surface area contributed by atoms with Crippen LogP contribution in [0.2, 0.25) is 0 Å². The van der Waals surface area contributed by atoms with Gasteiger partial charge < -0.3 is 12.4 Å². The zero-order chi connectivity index (χ0) is 9.94. The number of rotatable bonds is 9. The number of unbranched alkanes of at least 4 members (excludes halogenated alkanes) is 4. The normalized spacial score (nSPS) is 9.93. The van der Waals surface area contributed by atoms with Crippen molar-refractivity contribution in [1.29, 1.82) is 0 Å². The lowest BCUT2D eigenvalue weighted by atomic mass is 10.2. The number of quaternary nitrogens is 1. The summed E-state index contributed by atoms with van der Waals surface area (Å²) in [5.41, 5.74) is 0. The Morgan fingerprint density at radius 2 is 1.36 bits per heavy atom. The molecule has 0 atom stereocenters. The maximum atomic E-state index is 10.7. The average molecular weight is 222 g/mol. The van der Waals surface area contributed by atoms with Crippen molar-refractivity contribution in [2.24, 2.45) is 0 Å². The van der Waals surface area contributed by atoms with Gasteiger partial charge in [0.15, 0.2) is 0 Å². The van der Waals surface area contributed by atoms with E-state index in [4.69, 9.17) is 0 Å². The third kappa shape index (κ3) is 10.0. The van der Waals surface area contributed by atoms with E-state index in [2.05, 4.69) is 13.8 Å². The second-order valence-electron chi connectivity index (χ2n) is 3.69. The topological polar surface area (TPSA) is 21.5 Å². The second-order valence-corrected chi connectivity index (χ2v) is 3.69. The lowest BCUT2D eigenvalue weighted by molar-refractivity contribution is -0.811. The van der Waals surface area contributed by atoms with Crippen molar-refractivity contribution in [3.8, 4) is 0 Å². The zero-order valence-corrected chi connectivity index (χ0v) is 10.3. The Morgan fingerprint density at radius 3 is 1.64 bits per heavy atom. The average Bonchev–Trinajstić information content (AvgIpc) is 2.16. The van der Waals surface area contributed by atoms with Crippen molar-refractivity contribution in [2.45, 2.75) is 52.4 Å². The summed E-state index contributed by atoms with van der Waals surface area (Å²) in [6, 6.07) is 0. The fourth-order valence-corrected chi connectivity index (χ4v) is 1.45. The van der Waals surface area contributed by atoms with Gasteiger partial charge in [0.25, 0.3) is 6.41 Å². The van der Waals surface area contributed by atoms with Crippen LogP contribution < -0.4 is 17.3 Å². The standard InChI is InChI=1S/C11H23NO.ClH/c1-3-5-7-9-12(11-13)10-8-6-4-2;/h11H,3-10H2,1-2H3;1H. The fraction of sp³-hybridized carbons (Fsp3) is 0.909. The van der Waals surface area contributed by atoms with E-state index in [-0.39, 0.29) is 12.4 Å². The molecule has 0 rings (SSSR count). The molecule has 0 bridgehead atoms. The van der Waals surface area contributed by atoms with E-state index in [9.17, 15) is 4.79 Å². The predicted molar refractivity (Wildman–Crippen MR) is 55.8 cm³/mol. The monoisotopic (exact) mass is 221 g/mol. The molecule has 0 aliphatic rings. The quantitative estimate of drug-likeness (QED) is 0.368. The molecule has 0 aromatic carbocycles. The Labute approximate surface area is 94.5 Å². The van der Waals surface area contributed by atoms with E-state index in [0.29, 0.717) is 0 Å². The van der Waals surface area contributed by atoms with E-state index >= 15 is 0 Å². The van der Waals surface area contributed by atoms with Crippen molar-refractivity contribution in [3.05, 3.63) is 0 Å².